The third-order valence-corrected chi connectivity index (χ3v) is 3.86. The van der Waals surface area contributed by atoms with Crippen molar-refractivity contribution >= 4 is 11.5 Å². The lowest BCUT2D eigenvalue weighted by atomic mass is 10.2. The van der Waals surface area contributed by atoms with Crippen LogP contribution < -0.4 is 10.6 Å². The van der Waals surface area contributed by atoms with Gasteiger partial charge in [0.1, 0.15) is 5.82 Å². The van der Waals surface area contributed by atoms with Crippen LogP contribution in [0.2, 0.25) is 0 Å². The first-order chi connectivity index (χ1) is 13.4. The van der Waals surface area contributed by atoms with Crippen LogP contribution in [0.25, 0.3) is 11.5 Å². The largest absolute Gasteiger partial charge is 0.420 e. The molecule has 1 atom stereocenters. The highest BCUT2D eigenvalue weighted by Crippen LogP contribution is 2.32. The lowest BCUT2D eigenvalue weighted by molar-refractivity contribution is -0.137. The average molecular weight is 388 g/mol. The zero-order valence-electron chi connectivity index (χ0n) is 14.7. The number of hydrogen-bond donors (Lipinski definition) is 2. The number of halogens is 3. The van der Waals surface area contributed by atoms with Crippen molar-refractivity contribution in [3.05, 3.63) is 54.0 Å². The summed E-state index contributed by atoms with van der Waals surface area (Å²) in [5, 5.41) is 22.1. The molecule has 7 nitrogen and oxygen atoms in total. The summed E-state index contributed by atoms with van der Waals surface area (Å²) < 4.78 is 43.8. The summed E-state index contributed by atoms with van der Waals surface area (Å²) in [7, 11) is 0. The number of hydrogen-bond acceptors (Lipinski definition) is 7. The second-order valence-corrected chi connectivity index (χ2v) is 5.94. The van der Waals surface area contributed by atoms with Crippen LogP contribution in [0.4, 0.5) is 24.7 Å². The maximum atomic E-state index is 12.7. The van der Waals surface area contributed by atoms with Gasteiger partial charge in [-0.15, -0.1) is 10.2 Å². The van der Waals surface area contributed by atoms with Crippen LogP contribution in [-0.4, -0.2) is 21.7 Å². The summed E-state index contributed by atoms with van der Waals surface area (Å²) in [6.45, 7) is 2.17. The van der Waals surface area contributed by atoms with Crippen LogP contribution in [0, 0.1) is 11.5 Å². The van der Waals surface area contributed by atoms with Crippen molar-refractivity contribution < 1.29 is 17.6 Å². The van der Waals surface area contributed by atoms with E-state index in [1.54, 1.807) is 12.1 Å². The minimum atomic E-state index is -4.40. The van der Waals surface area contributed by atoms with Crippen LogP contribution >= 0.6 is 0 Å². The van der Waals surface area contributed by atoms with Crippen molar-refractivity contribution in [3.63, 3.8) is 0 Å². The molecule has 3 aromatic rings. The van der Waals surface area contributed by atoms with Gasteiger partial charge in [-0.1, -0.05) is 6.92 Å². The molecule has 10 heteroatoms. The van der Waals surface area contributed by atoms with Crippen molar-refractivity contribution in [2.24, 2.45) is 0 Å². The molecule has 0 fully saturated rings. The number of nitriles is 1. The predicted octanol–water partition coefficient (Wildman–Crippen LogP) is 4.07. The van der Waals surface area contributed by atoms with Crippen LogP contribution in [-0.2, 0) is 6.18 Å². The highest BCUT2D eigenvalue weighted by molar-refractivity contribution is 5.73. The summed E-state index contributed by atoms with van der Waals surface area (Å²) in [6, 6.07) is 7.98. The van der Waals surface area contributed by atoms with Gasteiger partial charge in [0.2, 0.25) is 5.89 Å². The first-order valence-electron chi connectivity index (χ1n) is 8.23. The monoisotopic (exact) mass is 388 g/mol. The number of rotatable bonds is 6. The fourth-order valence-electron chi connectivity index (χ4n) is 2.39. The topological polar surface area (TPSA) is 99.7 Å². The fraction of sp³-hybridized carbons (Fsp3) is 0.222. The minimum absolute atomic E-state index is 0.177. The molecular weight excluding hydrogens is 373 g/mol. The molecule has 0 saturated carbocycles. The van der Waals surface area contributed by atoms with Crippen molar-refractivity contribution in [1.29, 1.82) is 5.26 Å². The number of nitrogens with one attached hydrogen (secondary N) is 2. The summed E-state index contributed by atoms with van der Waals surface area (Å²) in [5.41, 5.74) is 0.196. The zero-order valence-corrected chi connectivity index (χ0v) is 14.7. The summed E-state index contributed by atoms with van der Waals surface area (Å²) >= 11 is 0. The molecule has 28 heavy (non-hydrogen) atoms. The van der Waals surface area contributed by atoms with Gasteiger partial charge in [-0.25, -0.2) is 4.98 Å². The molecule has 2 aromatic heterocycles. The Morgan fingerprint density at radius 1 is 1.18 bits per heavy atom. The molecule has 3 rings (SSSR count). The SMILES string of the molecule is CC(CNC#N)c1nnc(-c2cccnc2Nc2ccc(C(F)(F)F)cc2)o1. The smallest absolute Gasteiger partial charge is 0.416 e. The summed E-state index contributed by atoms with van der Waals surface area (Å²) in [6.07, 6.45) is -1.04. The van der Waals surface area contributed by atoms with Crippen molar-refractivity contribution in [3.8, 4) is 17.6 Å². The van der Waals surface area contributed by atoms with Crippen LogP contribution in [0.3, 0.4) is 0 Å². The van der Waals surface area contributed by atoms with Gasteiger partial charge in [0.15, 0.2) is 6.19 Å². The Kier molecular flexibility index (Phi) is 5.44. The molecule has 0 amide bonds. The maximum Gasteiger partial charge on any atom is 0.416 e. The molecule has 0 saturated heterocycles. The molecule has 0 aliphatic carbocycles. The number of anilines is 2. The van der Waals surface area contributed by atoms with Gasteiger partial charge < -0.3 is 15.1 Å². The number of alkyl halides is 3. The number of aromatic nitrogens is 3. The maximum absolute atomic E-state index is 12.7. The first kappa shape index (κ1) is 19.2. The molecule has 2 N–H and O–H groups in total. The van der Waals surface area contributed by atoms with E-state index in [4.69, 9.17) is 9.68 Å². The van der Waals surface area contributed by atoms with Crippen molar-refractivity contribution in [1.82, 2.24) is 20.5 Å². The van der Waals surface area contributed by atoms with Crippen LogP contribution in [0.5, 0.6) is 0 Å². The Bertz CT molecular complexity index is 978. The van der Waals surface area contributed by atoms with Crippen LogP contribution in [0.1, 0.15) is 24.3 Å². The van der Waals surface area contributed by atoms with Gasteiger partial charge in [0, 0.05) is 18.4 Å². The van der Waals surface area contributed by atoms with E-state index in [0.29, 0.717) is 29.5 Å². The van der Waals surface area contributed by atoms with E-state index in [-0.39, 0.29) is 11.8 Å². The fourth-order valence-corrected chi connectivity index (χ4v) is 2.39. The van der Waals surface area contributed by atoms with Crippen molar-refractivity contribution in [2.75, 3.05) is 11.9 Å². The normalized spacial score (nSPS) is 12.2. The Hall–Kier alpha value is -3.61. The van der Waals surface area contributed by atoms with E-state index >= 15 is 0 Å². The lowest BCUT2D eigenvalue weighted by Crippen LogP contribution is -2.14. The van der Waals surface area contributed by atoms with E-state index in [1.165, 1.54) is 18.3 Å². The Balaban J connectivity index is 1.82. The number of benzene rings is 1. The van der Waals surface area contributed by atoms with E-state index in [0.717, 1.165) is 12.1 Å². The third kappa shape index (κ3) is 4.37. The average Bonchev–Trinajstić information content (AvgIpc) is 3.16. The highest BCUT2D eigenvalue weighted by atomic mass is 19.4. The first-order valence-corrected chi connectivity index (χ1v) is 8.23. The Labute approximate surface area is 158 Å². The van der Waals surface area contributed by atoms with Gasteiger partial charge in [-0.2, -0.15) is 18.4 Å². The molecule has 0 radical (unpaired) electrons. The number of pyridine rings is 1. The van der Waals surface area contributed by atoms with E-state index < -0.39 is 11.7 Å². The second kappa shape index (κ2) is 7.96. The quantitative estimate of drug-likeness (QED) is 0.485. The molecule has 2 heterocycles. The molecule has 144 valence electrons. The summed E-state index contributed by atoms with van der Waals surface area (Å²) in [5.74, 6) is 0.743. The number of nitrogens with zero attached hydrogens (tertiary/aromatic N) is 4. The predicted molar refractivity (Wildman–Crippen MR) is 94.3 cm³/mol. The standard InChI is InChI=1S/C18H15F3N6O/c1-11(9-23-10-22)16-26-27-17(28-16)14-3-2-8-24-15(14)25-13-6-4-12(5-7-13)18(19,20)21/h2-8,11,23H,9H2,1H3,(H,24,25). The van der Waals surface area contributed by atoms with E-state index in [1.807, 2.05) is 13.1 Å². The third-order valence-electron chi connectivity index (χ3n) is 3.86. The molecular formula is C18H15F3N6O. The lowest BCUT2D eigenvalue weighted by Gasteiger charge is -2.10. The van der Waals surface area contributed by atoms with Gasteiger partial charge in [-0.3, -0.25) is 0 Å². The van der Waals surface area contributed by atoms with Gasteiger partial charge in [0.05, 0.1) is 17.0 Å². The van der Waals surface area contributed by atoms with Crippen LogP contribution in [0.15, 0.2) is 47.0 Å². The van der Waals surface area contributed by atoms with E-state index in [2.05, 4.69) is 25.8 Å². The molecule has 0 aliphatic rings. The Morgan fingerprint density at radius 2 is 1.93 bits per heavy atom. The molecule has 1 unspecified atom stereocenters. The van der Waals surface area contributed by atoms with Gasteiger partial charge in [0.25, 0.3) is 5.89 Å². The van der Waals surface area contributed by atoms with Gasteiger partial charge in [-0.05, 0) is 36.4 Å². The molecule has 1 aromatic carbocycles. The highest BCUT2D eigenvalue weighted by Gasteiger charge is 2.30. The molecule has 0 aliphatic heterocycles. The Morgan fingerprint density at radius 3 is 2.61 bits per heavy atom. The molecule has 0 bridgehead atoms. The second-order valence-electron chi connectivity index (χ2n) is 5.94. The minimum Gasteiger partial charge on any atom is -0.420 e. The summed E-state index contributed by atoms with van der Waals surface area (Å²) in [4.78, 5) is 4.21. The van der Waals surface area contributed by atoms with Crippen molar-refractivity contribution in [2.45, 2.75) is 19.0 Å². The molecule has 0 spiro atoms. The zero-order chi connectivity index (χ0) is 20.1. The van der Waals surface area contributed by atoms with E-state index in [9.17, 15) is 13.2 Å². The van der Waals surface area contributed by atoms with Gasteiger partial charge >= 0.3 is 6.18 Å².